The molecule has 0 saturated heterocycles. The van der Waals surface area contributed by atoms with Gasteiger partial charge >= 0.3 is 6.80 Å². The van der Waals surface area contributed by atoms with Gasteiger partial charge in [-0.3, -0.25) is 13.8 Å². The van der Waals surface area contributed by atoms with Crippen molar-refractivity contribution in [3.05, 3.63) is 114 Å². The maximum Gasteiger partial charge on any atom is 0.394 e. The average Bonchev–Trinajstić information content (AvgIpc) is 3.06. The molecule has 0 aromatic heterocycles. The lowest BCUT2D eigenvalue weighted by Crippen LogP contribution is -2.08. The van der Waals surface area contributed by atoms with Gasteiger partial charge in [0.15, 0.2) is 0 Å². The number of carbonyl (C=O) groups is 1. The van der Waals surface area contributed by atoms with Gasteiger partial charge in [-0.15, -0.1) is 0 Å². The van der Waals surface area contributed by atoms with E-state index in [0.29, 0.717) is 39.1 Å². The molecule has 0 heterocycles. The van der Waals surface area contributed by atoms with E-state index in [4.69, 9.17) is 28.0 Å². The number of anilines is 1. The maximum atomic E-state index is 14.1. The molecule has 0 unspecified atom stereocenters. The van der Waals surface area contributed by atoms with E-state index >= 15 is 0 Å². The molecule has 4 rings (SSSR count). The number of carbonyl (C=O) groups excluding carboxylic acids is 1. The monoisotopic (exact) mass is 635 g/mol. The van der Waals surface area contributed by atoms with Crippen molar-refractivity contribution in [3.63, 3.8) is 0 Å². The van der Waals surface area contributed by atoms with Crippen molar-refractivity contribution in [2.75, 3.05) is 33.8 Å². The Morgan fingerprint density at radius 1 is 0.727 bits per heavy atom. The molecule has 0 aliphatic rings. The fraction of sp³-hybridized carbons (Fsp3) is 0.182. The van der Waals surface area contributed by atoms with Crippen molar-refractivity contribution in [1.29, 1.82) is 0 Å². The SMILES string of the molecule is COc1cc(OC)c(/C=C/C(=O)Nc2ccc(OC)c(SP(=O)(OCc3ccccc3)OCc3ccccc3)c2)c(OC)c1. The summed E-state index contributed by atoms with van der Waals surface area (Å²) in [7, 11) is 6.10. The summed E-state index contributed by atoms with van der Waals surface area (Å²) < 4.78 is 47.7. The van der Waals surface area contributed by atoms with Gasteiger partial charge in [0.2, 0.25) is 5.91 Å². The van der Waals surface area contributed by atoms with Crippen molar-refractivity contribution in [2.24, 2.45) is 0 Å². The first-order chi connectivity index (χ1) is 21.4. The van der Waals surface area contributed by atoms with Crippen molar-refractivity contribution < 1.29 is 37.4 Å². The molecular formula is C33H34NO8PS. The van der Waals surface area contributed by atoms with Gasteiger partial charge in [-0.1, -0.05) is 60.7 Å². The third-order valence-electron chi connectivity index (χ3n) is 6.26. The lowest BCUT2D eigenvalue weighted by Gasteiger charge is -2.19. The van der Waals surface area contributed by atoms with E-state index in [0.717, 1.165) is 22.5 Å². The average molecular weight is 636 g/mol. The first kappa shape index (κ1) is 32.7. The number of amides is 1. The Balaban J connectivity index is 1.54. The summed E-state index contributed by atoms with van der Waals surface area (Å²) in [5.41, 5.74) is 2.72. The lowest BCUT2D eigenvalue weighted by atomic mass is 10.1. The predicted octanol–water partition coefficient (Wildman–Crippen LogP) is 8.01. The van der Waals surface area contributed by atoms with E-state index in [9.17, 15) is 9.36 Å². The summed E-state index contributed by atoms with van der Waals surface area (Å²) in [5.74, 6) is 1.56. The molecule has 0 spiro atoms. The van der Waals surface area contributed by atoms with E-state index in [-0.39, 0.29) is 13.2 Å². The highest BCUT2D eigenvalue weighted by Gasteiger charge is 2.29. The minimum absolute atomic E-state index is 0.0850. The Morgan fingerprint density at radius 2 is 1.27 bits per heavy atom. The number of nitrogens with one attached hydrogen (secondary N) is 1. The molecule has 230 valence electrons. The highest BCUT2D eigenvalue weighted by Crippen LogP contribution is 2.66. The van der Waals surface area contributed by atoms with E-state index in [2.05, 4.69) is 5.32 Å². The Bertz CT molecular complexity index is 1540. The van der Waals surface area contributed by atoms with Crippen LogP contribution in [0.5, 0.6) is 23.0 Å². The van der Waals surface area contributed by atoms with Crippen LogP contribution in [0.2, 0.25) is 0 Å². The van der Waals surface area contributed by atoms with Crippen LogP contribution in [-0.4, -0.2) is 34.3 Å². The van der Waals surface area contributed by atoms with Gasteiger partial charge in [-0.05, 0) is 46.8 Å². The molecule has 4 aromatic carbocycles. The normalized spacial score (nSPS) is 11.3. The molecule has 9 nitrogen and oxygen atoms in total. The topological polar surface area (TPSA) is 102 Å². The van der Waals surface area contributed by atoms with E-state index in [1.165, 1.54) is 27.4 Å². The first-order valence-corrected chi connectivity index (χ1v) is 16.5. The summed E-state index contributed by atoms with van der Waals surface area (Å²) >= 11 is 0.917. The van der Waals surface area contributed by atoms with E-state index in [1.54, 1.807) is 43.5 Å². The summed E-state index contributed by atoms with van der Waals surface area (Å²) in [6, 6.07) is 27.3. The van der Waals surface area contributed by atoms with Crippen LogP contribution in [0.1, 0.15) is 16.7 Å². The van der Waals surface area contributed by atoms with Gasteiger partial charge in [0.05, 0.1) is 52.1 Å². The molecule has 0 saturated carbocycles. The number of methoxy groups -OCH3 is 4. The Kier molecular flexibility index (Phi) is 11.9. The standard InChI is InChI=1S/C33H34NO8PS/c1-37-27-20-30(39-3)28(31(21-27)40-4)16-18-33(35)34-26-15-17-29(38-2)32(19-26)44-43(36,41-22-24-11-7-5-8-12-24)42-23-25-13-9-6-10-14-25/h5-21H,22-23H2,1-4H3,(H,34,35)/b18-16+. The highest BCUT2D eigenvalue weighted by atomic mass is 32.7. The molecule has 0 radical (unpaired) electrons. The van der Waals surface area contributed by atoms with Crippen molar-refractivity contribution in [1.82, 2.24) is 0 Å². The smallest absolute Gasteiger partial charge is 0.394 e. The zero-order valence-electron chi connectivity index (χ0n) is 24.9. The minimum atomic E-state index is -3.77. The molecule has 0 fully saturated rings. The second-order valence-corrected chi connectivity index (χ2v) is 13.1. The first-order valence-electron chi connectivity index (χ1n) is 13.5. The summed E-state index contributed by atoms with van der Waals surface area (Å²) in [4.78, 5) is 13.4. The summed E-state index contributed by atoms with van der Waals surface area (Å²) in [5, 5.41) is 2.83. The Morgan fingerprint density at radius 3 is 1.77 bits per heavy atom. The highest BCUT2D eigenvalue weighted by molar-refractivity contribution is 8.55. The fourth-order valence-electron chi connectivity index (χ4n) is 4.03. The molecule has 11 heteroatoms. The van der Waals surface area contributed by atoms with E-state index in [1.807, 2.05) is 60.7 Å². The largest absolute Gasteiger partial charge is 0.496 e. The Hall–Kier alpha value is -4.21. The van der Waals surface area contributed by atoms with Crippen LogP contribution in [0.4, 0.5) is 5.69 Å². The van der Waals surface area contributed by atoms with Crippen LogP contribution >= 0.6 is 18.2 Å². The van der Waals surface area contributed by atoms with Crippen LogP contribution in [0.25, 0.3) is 6.08 Å². The molecule has 1 N–H and O–H groups in total. The van der Waals surface area contributed by atoms with Crippen LogP contribution in [0.3, 0.4) is 0 Å². The number of hydrogen-bond acceptors (Lipinski definition) is 9. The van der Waals surface area contributed by atoms with Crippen LogP contribution in [-0.2, 0) is 31.6 Å². The molecule has 0 aliphatic carbocycles. The lowest BCUT2D eigenvalue weighted by molar-refractivity contribution is -0.111. The third-order valence-corrected chi connectivity index (χ3v) is 9.78. The fourth-order valence-corrected chi connectivity index (χ4v) is 7.27. The number of benzene rings is 4. The van der Waals surface area contributed by atoms with Crippen molar-refractivity contribution in [2.45, 2.75) is 18.1 Å². The zero-order valence-corrected chi connectivity index (χ0v) is 26.6. The van der Waals surface area contributed by atoms with Gasteiger partial charge in [0, 0.05) is 23.9 Å². The molecule has 44 heavy (non-hydrogen) atoms. The van der Waals surface area contributed by atoms with Gasteiger partial charge in [0.1, 0.15) is 23.0 Å². The minimum Gasteiger partial charge on any atom is -0.496 e. The number of ether oxygens (including phenoxy) is 4. The van der Waals surface area contributed by atoms with E-state index < -0.39 is 12.7 Å². The molecule has 1 amide bonds. The maximum absolute atomic E-state index is 14.1. The third kappa shape index (κ3) is 9.14. The van der Waals surface area contributed by atoms with Crippen molar-refractivity contribution >= 4 is 35.8 Å². The molecular weight excluding hydrogens is 601 g/mol. The molecule has 0 aliphatic heterocycles. The van der Waals surface area contributed by atoms with Gasteiger partial charge in [0.25, 0.3) is 0 Å². The summed E-state index contributed by atoms with van der Waals surface area (Å²) in [6.07, 6.45) is 2.95. The summed E-state index contributed by atoms with van der Waals surface area (Å²) in [6.45, 7) is -3.60. The van der Waals surface area contributed by atoms with Gasteiger partial charge in [-0.2, -0.15) is 0 Å². The van der Waals surface area contributed by atoms with Gasteiger partial charge in [-0.25, -0.2) is 4.57 Å². The molecule has 0 atom stereocenters. The molecule has 4 aromatic rings. The van der Waals surface area contributed by atoms with Gasteiger partial charge < -0.3 is 24.3 Å². The zero-order chi connectivity index (χ0) is 31.4. The Labute approximate surface area is 261 Å². The molecule has 0 bridgehead atoms. The van der Waals surface area contributed by atoms with Crippen LogP contribution in [0.15, 0.2) is 102 Å². The second kappa shape index (κ2) is 16.0. The van der Waals surface area contributed by atoms with Crippen LogP contribution < -0.4 is 24.3 Å². The number of hydrogen-bond donors (Lipinski definition) is 1. The quantitative estimate of drug-likeness (QED) is 0.103. The second-order valence-electron chi connectivity index (χ2n) is 9.19. The van der Waals surface area contributed by atoms with Crippen molar-refractivity contribution in [3.8, 4) is 23.0 Å². The predicted molar refractivity (Wildman–Crippen MR) is 173 cm³/mol. The number of rotatable bonds is 15. The van der Waals surface area contributed by atoms with Crippen LogP contribution in [0, 0.1) is 0 Å².